The molecule has 0 radical (unpaired) electrons. The van der Waals surface area contributed by atoms with Gasteiger partial charge in [0.05, 0.1) is 16.9 Å². The normalized spacial score (nSPS) is 10.6. The highest BCUT2D eigenvalue weighted by atomic mass is 32.2. The molecule has 0 unspecified atom stereocenters. The van der Waals surface area contributed by atoms with Crippen molar-refractivity contribution in [3.63, 3.8) is 0 Å². The number of rotatable bonds is 5. The van der Waals surface area contributed by atoms with Gasteiger partial charge in [0.1, 0.15) is 5.82 Å². The van der Waals surface area contributed by atoms with E-state index < -0.39 is 0 Å². The number of pyridine rings is 1. The number of hydrogen-bond donors (Lipinski definition) is 1. The minimum Gasteiger partial charge on any atom is -0.321 e. The molecule has 0 fully saturated rings. The predicted molar refractivity (Wildman–Crippen MR) is 117 cm³/mol. The van der Waals surface area contributed by atoms with Crippen LogP contribution in [0.2, 0.25) is 0 Å². The van der Waals surface area contributed by atoms with Crippen LogP contribution in [-0.4, -0.2) is 27.1 Å². The van der Waals surface area contributed by atoms with E-state index in [-0.39, 0.29) is 11.7 Å². The molecule has 0 aliphatic rings. The van der Waals surface area contributed by atoms with Gasteiger partial charge in [-0.2, -0.15) is 0 Å². The molecule has 0 saturated heterocycles. The zero-order valence-electron chi connectivity index (χ0n) is 16.0. The molecule has 0 spiro atoms. The van der Waals surface area contributed by atoms with Gasteiger partial charge in [0.25, 0.3) is 5.91 Å². The molecule has 4 aromatic rings. The average molecular weight is 416 g/mol. The molecule has 2 aromatic heterocycles. The number of anilines is 1. The number of halogens is 1. The maximum absolute atomic E-state index is 13.3. The van der Waals surface area contributed by atoms with E-state index in [2.05, 4.69) is 20.3 Å². The quantitative estimate of drug-likeness (QED) is 0.446. The van der Waals surface area contributed by atoms with Crippen LogP contribution in [0.1, 0.15) is 10.4 Å². The molecule has 2 aromatic carbocycles. The number of nitrogens with one attached hydrogen (secondary N) is 1. The maximum Gasteiger partial charge on any atom is 0.259 e. The number of amides is 1. The van der Waals surface area contributed by atoms with Crippen LogP contribution in [0.15, 0.2) is 84.1 Å². The second-order valence-corrected chi connectivity index (χ2v) is 7.20. The second-order valence-electron chi connectivity index (χ2n) is 6.35. The van der Waals surface area contributed by atoms with Gasteiger partial charge in [-0.05, 0) is 54.8 Å². The minimum absolute atomic E-state index is 0.311. The van der Waals surface area contributed by atoms with Gasteiger partial charge in [-0.25, -0.2) is 14.4 Å². The number of thioether (sulfide) groups is 1. The van der Waals surface area contributed by atoms with E-state index in [4.69, 9.17) is 0 Å². The molecule has 0 aliphatic carbocycles. The van der Waals surface area contributed by atoms with Crippen molar-refractivity contribution in [1.82, 2.24) is 15.0 Å². The first kappa shape index (κ1) is 19.7. The predicted octanol–water partition coefficient (Wildman–Crippen LogP) is 5.32. The van der Waals surface area contributed by atoms with E-state index in [9.17, 15) is 9.18 Å². The first-order valence-corrected chi connectivity index (χ1v) is 10.4. The lowest BCUT2D eigenvalue weighted by Crippen LogP contribution is -2.15. The summed E-state index contributed by atoms with van der Waals surface area (Å²) in [5.41, 5.74) is 2.93. The Hall–Kier alpha value is -3.58. The van der Waals surface area contributed by atoms with Crippen molar-refractivity contribution in [1.29, 1.82) is 0 Å². The standard InChI is InChI=1S/C23H17FN4OS/c1-30-20-5-3-2-4-19(20)27-23(29)18-14-26-22(16-6-8-17(24)9-7-16)28-21(18)15-10-12-25-13-11-15/h2-14H,1H3,(H,27,29). The number of aromatic nitrogens is 3. The Balaban J connectivity index is 1.77. The summed E-state index contributed by atoms with van der Waals surface area (Å²) < 4.78 is 13.3. The fraction of sp³-hybridized carbons (Fsp3) is 0.0435. The molecule has 1 amide bonds. The summed E-state index contributed by atoms with van der Waals surface area (Å²) in [6.45, 7) is 0. The number of nitrogens with zero attached hydrogens (tertiary/aromatic N) is 3. The number of carbonyl (C=O) groups is 1. The number of benzene rings is 2. The van der Waals surface area contributed by atoms with E-state index in [1.54, 1.807) is 48.4 Å². The van der Waals surface area contributed by atoms with Gasteiger partial charge in [0, 0.05) is 34.6 Å². The van der Waals surface area contributed by atoms with E-state index in [1.807, 2.05) is 30.5 Å². The third-order valence-corrected chi connectivity index (χ3v) is 5.24. The van der Waals surface area contributed by atoms with Crippen LogP contribution in [0.25, 0.3) is 22.6 Å². The smallest absolute Gasteiger partial charge is 0.259 e. The van der Waals surface area contributed by atoms with Crippen molar-refractivity contribution >= 4 is 23.4 Å². The molecule has 0 atom stereocenters. The van der Waals surface area contributed by atoms with Gasteiger partial charge in [-0.1, -0.05) is 12.1 Å². The summed E-state index contributed by atoms with van der Waals surface area (Å²) in [5, 5.41) is 2.95. The van der Waals surface area contributed by atoms with Gasteiger partial charge in [-0.3, -0.25) is 9.78 Å². The summed E-state index contributed by atoms with van der Waals surface area (Å²) in [6, 6.07) is 17.1. The highest BCUT2D eigenvalue weighted by molar-refractivity contribution is 7.98. The monoisotopic (exact) mass is 416 g/mol. The van der Waals surface area contributed by atoms with Crippen molar-refractivity contribution in [3.8, 4) is 22.6 Å². The van der Waals surface area contributed by atoms with Gasteiger partial charge >= 0.3 is 0 Å². The Morgan fingerprint density at radius 2 is 1.70 bits per heavy atom. The van der Waals surface area contributed by atoms with Gasteiger partial charge in [-0.15, -0.1) is 11.8 Å². The molecule has 7 heteroatoms. The zero-order chi connectivity index (χ0) is 20.9. The van der Waals surface area contributed by atoms with Crippen LogP contribution in [0.5, 0.6) is 0 Å². The number of para-hydroxylation sites is 1. The first-order chi connectivity index (χ1) is 14.7. The van der Waals surface area contributed by atoms with Crippen LogP contribution in [0.4, 0.5) is 10.1 Å². The van der Waals surface area contributed by atoms with Crippen LogP contribution < -0.4 is 5.32 Å². The van der Waals surface area contributed by atoms with Gasteiger partial charge < -0.3 is 5.32 Å². The average Bonchev–Trinajstić information content (AvgIpc) is 2.80. The summed E-state index contributed by atoms with van der Waals surface area (Å²) in [6.07, 6.45) is 6.73. The molecule has 0 bridgehead atoms. The summed E-state index contributed by atoms with van der Waals surface area (Å²) in [5.74, 6) is -0.242. The van der Waals surface area contributed by atoms with Crippen molar-refractivity contribution in [3.05, 3.63) is 90.6 Å². The molecule has 4 rings (SSSR count). The third kappa shape index (κ3) is 4.21. The van der Waals surface area contributed by atoms with E-state index in [0.717, 1.165) is 16.1 Å². The number of carbonyl (C=O) groups excluding carboxylic acids is 1. The van der Waals surface area contributed by atoms with Crippen LogP contribution in [0.3, 0.4) is 0 Å². The SMILES string of the molecule is CSc1ccccc1NC(=O)c1cnc(-c2ccc(F)cc2)nc1-c1ccncc1. The summed E-state index contributed by atoms with van der Waals surface area (Å²) >= 11 is 1.55. The van der Waals surface area contributed by atoms with E-state index >= 15 is 0 Å². The van der Waals surface area contributed by atoms with Crippen molar-refractivity contribution in [2.75, 3.05) is 11.6 Å². The Labute approximate surface area is 177 Å². The van der Waals surface area contributed by atoms with E-state index in [0.29, 0.717) is 22.6 Å². The highest BCUT2D eigenvalue weighted by Crippen LogP contribution is 2.28. The Kier molecular flexibility index (Phi) is 5.81. The third-order valence-electron chi connectivity index (χ3n) is 4.44. The molecule has 5 nitrogen and oxygen atoms in total. The maximum atomic E-state index is 13.3. The molecular formula is C23H17FN4OS. The fourth-order valence-electron chi connectivity index (χ4n) is 2.95. The number of hydrogen-bond acceptors (Lipinski definition) is 5. The minimum atomic E-state index is -0.337. The molecule has 0 aliphatic heterocycles. The highest BCUT2D eigenvalue weighted by Gasteiger charge is 2.18. The lowest BCUT2D eigenvalue weighted by Gasteiger charge is -2.13. The van der Waals surface area contributed by atoms with Gasteiger partial charge in [0.2, 0.25) is 0 Å². The molecular weight excluding hydrogens is 399 g/mol. The molecule has 1 N–H and O–H groups in total. The topological polar surface area (TPSA) is 67.8 Å². The molecule has 148 valence electrons. The first-order valence-electron chi connectivity index (χ1n) is 9.13. The summed E-state index contributed by atoms with van der Waals surface area (Å²) in [7, 11) is 0. The Bertz CT molecular complexity index is 1180. The van der Waals surface area contributed by atoms with Crippen molar-refractivity contribution in [2.24, 2.45) is 0 Å². The lowest BCUT2D eigenvalue weighted by atomic mass is 10.1. The second kappa shape index (κ2) is 8.84. The molecule has 0 saturated carbocycles. The summed E-state index contributed by atoms with van der Waals surface area (Å²) in [4.78, 5) is 27.1. The van der Waals surface area contributed by atoms with Crippen LogP contribution >= 0.6 is 11.8 Å². The Morgan fingerprint density at radius 1 is 0.967 bits per heavy atom. The van der Waals surface area contributed by atoms with Crippen LogP contribution in [-0.2, 0) is 0 Å². The fourth-order valence-corrected chi connectivity index (χ4v) is 3.51. The molecule has 30 heavy (non-hydrogen) atoms. The van der Waals surface area contributed by atoms with Crippen molar-refractivity contribution < 1.29 is 9.18 Å². The molecule has 2 heterocycles. The lowest BCUT2D eigenvalue weighted by molar-refractivity contribution is 0.102. The zero-order valence-corrected chi connectivity index (χ0v) is 16.9. The van der Waals surface area contributed by atoms with Gasteiger partial charge in [0.15, 0.2) is 5.82 Å². The van der Waals surface area contributed by atoms with E-state index in [1.165, 1.54) is 18.3 Å². The van der Waals surface area contributed by atoms with Crippen molar-refractivity contribution in [2.45, 2.75) is 4.90 Å². The Morgan fingerprint density at radius 3 is 2.43 bits per heavy atom. The largest absolute Gasteiger partial charge is 0.321 e. The van der Waals surface area contributed by atoms with Crippen LogP contribution in [0, 0.1) is 5.82 Å².